The fourth-order valence-corrected chi connectivity index (χ4v) is 4.27. The van der Waals surface area contributed by atoms with Crippen LogP contribution >= 0.6 is 0 Å². The molecule has 0 saturated heterocycles. The van der Waals surface area contributed by atoms with Gasteiger partial charge in [0.25, 0.3) is 0 Å². The molecule has 0 bridgehead atoms. The highest BCUT2D eigenvalue weighted by atomic mass is 16.5. The maximum Gasteiger partial charge on any atom is 0.124 e. The van der Waals surface area contributed by atoms with E-state index in [1.807, 2.05) is 24.3 Å². The number of hydrogen-bond donors (Lipinski definition) is 0. The molecular formula is C24H28N2O3. The van der Waals surface area contributed by atoms with E-state index in [1.54, 1.807) is 21.3 Å². The number of aryl methyl sites for hydroxylation is 1. The number of aromatic nitrogens is 1. The summed E-state index contributed by atoms with van der Waals surface area (Å²) in [5.41, 5.74) is 3.56. The Balaban J connectivity index is 1.82. The Morgan fingerprint density at radius 1 is 0.862 bits per heavy atom. The Hall–Kier alpha value is -2.92. The lowest BCUT2D eigenvalue weighted by molar-refractivity contribution is 0.213. The lowest BCUT2D eigenvalue weighted by atomic mass is 9.99. The molecule has 0 spiro atoms. The Morgan fingerprint density at radius 3 is 2.48 bits per heavy atom. The molecule has 1 atom stereocenters. The maximum atomic E-state index is 5.76. The minimum Gasteiger partial charge on any atom is -0.497 e. The minimum absolute atomic E-state index is 0.0578. The summed E-state index contributed by atoms with van der Waals surface area (Å²) >= 11 is 0. The fourth-order valence-electron chi connectivity index (χ4n) is 4.27. The molecule has 1 aliphatic rings. The summed E-state index contributed by atoms with van der Waals surface area (Å²) < 4.78 is 19.3. The molecule has 2 aromatic carbocycles. The zero-order valence-corrected chi connectivity index (χ0v) is 17.3. The van der Waals surface area contributed by atoms with E-state index in [2.05, 4.69) is 46.0 Å². The van der Waals surface area contributed by atoms with Gasteiger partial charge in [-0.2, -0.15) is 0 Å². The van der Waals surface area contributed by atoms with Crippen LogP contribution in [-0.4, -0.2) is 37.3 Å². The first-order chi connectivity index (χ1) is 14.2. The molecule has 0 saturated carbocycles. The smallest absolute Gasteiger partial charge is 0.124 e. The predicted molar refractivity (Wildman–Crippen MR) is 114 cm³/mol. The standard InChI is InChI=1S/C24H28N2O3/c1-27-19-11-12-23(29-3)20(16-19)24-21-9-6-13-25(21)14-7-15-26(24)17-18-8-4-5-10-22(18)28-2/h4-6,8-13,16,24H,7,14-15,17H2,1-3H3. The van der Waals surface area contributed by atoms with Gasteiger partial charge < -0.3 is 18.8 Å². The number of benzene rings is 2. The molecule has 5 nitrogen and oxygen atoms in total. The molecule has 2 heterocycles. The molecule has 0 N–H and O–H groups in total. The highest BCUT2D eigenvalue weighted by Gasteiger charge is 2.30. The average Bonchev–Trinajstić information content (AvgIpc) is 3.15. The molecule has 29 heavy (non-hydrogen) atoms. The number of nitrogens with zero attached hydrogens (tertiary/aromatic N) is 2. The minimum atomic E-state index is 0.0578. The van der Waals surface area contributed by atoms with Crippen molar-refractivity contribution < 1.29 is 14.2 Å². The molecule has 3 aromatic rings. The van der Waals surface area contributed by atoms with Gasteiger partial charge in [-0.15, -0.1) is 0 Å². The van der Waals surface area contributed by atoms with Crippen LogP contribution in [0.1, 0.15) is 29.3 Å². The van der Waals surface area contributed by atoms with Crippen molar-refractivity contribution >= 4 is 0 Å². The third-order valence-electron chi connectivity index (χ3n) is 5.65. The molecule has 0 amide bonds. The van der Waals surface area contributed by atoms with E-state index in [0.29, 0.717) is 0 Å². The highest BCUT2D eigenvalue weighted by molar-refractivity contribution is 5.46. The summed E-state index contributed by atoms with van der Waals surface area (Å²) in [7, 11) is 5.16. The second kappa shape index (κ2) is 8.62. The molecule has 5 heteroatoms. The quantitative estimate of drug-likeness (QED) is 0.618. The average molecular weight is 392 g/mol. The number of ether oxygens (including phenoxy) is 3. The van der Waals surface area contributed by atoms with Crippen LogP contribution in [0.4, 0.5) is 0 Å². The summed E-state index contributed by atoms with van der Waals surface area (Å²) in [6.45, 7) is 2.78. The van der Waals surface area contributed by atoms with Gasteiger partial charge in [0, 0.05) is 42.7 Å². The highest BCUT2D eigenvalue weighted by Crippen LogP contribution is 2.40. The van der Waals surface area contributed by atoms with Crippen molar-refractivity contribution in [3.8, 4) is 17.2 Å². The van der Waals surface area contributed by atoms with Crippen molar-refractivity contribution in [2.75, 3.05) is 27.9 Å². The van der Waals surface area contributed by atoms with Crippen molar-refractivity contribution in [2.24, 2.45) is 0 Å². The van der Waals surface area contributed by atoms with Gasteiger partial charge in [0.2, 0.25) is 0 Å². The van der Waals surface area contributed by atoms with Gasteiger partial charge in [-0.05, 0) is 42.8 Å². The van der Waals surface area contributed by atoms with Crippen molar-refractivity contribution in [2.45, 2.75) is 25.6 Å². The first kappa shape index (κ1) is 19.4. The van der Waals surface area contributed by atoms with Gasteiger partial charge in [0.15, 0.2) is 0 Å². The van der Waals surface area contributed by atoms with E-state index in [0.717, 1.165) is 48.9 Å². The first-order valence-electron chi connectivity index (χ1n) is 9.98. The molecule has 1 aliphatic heterocycles. The van der Waals surface area contributed by atoms with Gasteiger partial charge in [-0.3, -0.25) is 4.90 Å². The number of methoxy groups -OCH3 is 3. The lowest BCUT2D eigenvalue weighted by Gasteiger charge is -2.32. The van der Waals surface area contributed by atoms with E-state index in [9.17, 15) is 0 Å². The Morgan fingerprint density at radius 2 is 1.69 bits per heavy atom. The van der Waals surface area contributed by atoms with Gasteiger partial charge in [0.1, 0.15) is 17.2 Å². The van der Waals surface area contributed by atoms with Crippen molar-refractivity contribution in [1.82, 2.24) is 9.47 Å². The molecule has 0 radical (unpaired) electrons. The Kier molecular flexibility index (Phi) is 5.76. The SMILES string of the molecule is COc1ccc(OC)c(C2c3cccn3CCCN2Cc2ccccc2OC)c1. The third kappa shape index (κ3) is 3.83. The van der Waals surface area contributed by atoms with Crippen molar-refractivity contribution in [3.63, 3.8) is 0 Å². The predicted octanol–water partition coefficient (Wildman–Crippen LogP) is 4.51. The number of para-hydroxylation sites is 1. The lowest BCUT2D eigenvalue weighted by Crippen LogP contribution is -2.30. The van der Waals surface area contributed by atoms with Gasteiger partial charge in [0.05, 0.1) is 27.4 Å². The first-order valence-corrected chi connectivity index (χ1v) is 9.98. The van der Waals surface area contributed by atoms with Crippen molar-refractivity contribution in [1.29, 1.82) is 0 Å². The van der Waals surface area contributed by atoms with E-state index >= 15 is 0 Å². The number of fused-ring (bicyclic) bond motifs is 1. The van der Waals surface area contributed by atoms with Gasteiger partial charge in [-0.25, -0.2) is 0 Å². The van der Waals surface area contributed by atoms with Crippen LogP contribution < -0.4 is 14.2 Å². The summed E-state index contributed by atoms with van der Waals surface area (Å²) in [5.74, 6) is 2.62. The summed E-state index contributed by atoms with van der Waals surface area (Å²) in [6.07, 6.45) is 3.25. The van der Waals surface area contributed by atoms with Crippen LogP contribution in [0.2, 0.25) is 0 Å². The van der Waals surface area contributed by atoms with E-state index in [-0.39, 0.29) is 6.04 Å². The summed E-state index contributed by atoms with van der Waals surface area (Å²) in [5, 5.41) is 0. The number of hydrogen-bond acceptors (Lipinski definition) is 4. The van der Waals surface area contributed by atoms with E-state index in [1.165, 1.54) is 11.3 Å². The Bertz CT molecular complexity index is 966. The van der Waals surface area contributed by atoms with Crippen LogP contribution in [0.25, 0.3) is 0 Å². The third-order valence-corrected chi connectivity index (χ3v) is 5.65. The maximum absolute atomic E-state index is 5.76. The van der Waals surface area contributed by atoms with E-state index in [4.69, 9.17) is 14.2 Å². The van der Waals surface area contributed by atoms with Gasteiger partial charge in [-0.1, -0.05) is 18.2 Å². The molecule has 1 aromatic heterocycles. The molecule has 0 fully saturated rings. The second-order valence-electron chi connectivity index (χ2n) is 7.27. The molecule has 1 unspecified atom stereocenters. The summed E-state index contributed by atoms with van der Waals surface area (Å²) in [6, 6.07) is 18.7. The van der Waals surface area contributed by atoms with E-state index < -0.39 is 0 Å². The monoisotopic (exact) mass is 392 g/mol. The van der Waals surface area contributed by atoms with Crippen LogP contribution in [-0.2, 0) is 13.1 Å². The number of rotatable bonds is 6. The normalized spacial score (nSPS) is 16.7. The Labute approximate surface area is 172 Å². The zero-order chi connectivity index (χ0) is 20.2. The molecule has 0 aliphatic carbocycles. The zero-order valence-electron chi connectivity index (χ0n) is 17.3. The topological polar surface area (TPSA) is 35.9 Å². The molecular weight excluding hydrogens is 364 g/mol. The summed E-state index contributed by atoms with van der Waals surface area (Å²) in [4.78, 5) is 2.51. The van der Waals surface area contributed by atoms with Gasteiger partial charge >= 0.3 is 0 Å². The second-order valence-corrected chi connectivity index (χ2v) is 7.27. The van der Waals surface area contributed by atoms with Crippen LogP contribution in [0.5, 0.6) is 17.2 Å². The molecule has 4 rings (SSSR count). The fraction of sp³-hybridized carbons (Fsp3) is 0.333. The molecule has 152 valence electrons. The van der Waals surface area contributed by atoms with Crippen LogP contribution in [0, 0.1) is 0 Å². The van der Waals surface area contributed by atoms with Crippen molar-refractivity contribution in [3.05, 3.63) is 77.6 Å². The van der Waals surface area contributed by atoms with Crippen LogP contribution in [0.15, 0.2) is 60.8 Å². The largest absolute Gasteiger partial charge is 0.497 e. The van der Waals surface area contributed by atoms with Crippen LogP contribution in [0.3, 0.4) is 0 Å².